The number of nitrogens with one attached hydrogen (secondary N) is 2. The third-order valence-electron chi connectivity index (χ3n) is 3.86. The standard InChI is InChI=1S/C21H20N4O3/c1-2-28-20(27)16-8-10-18(11-9-16)25-19(26)17-13-23-21(24-14-17)22-12-15-6-4-3-5-7-15/h3-11,13-14H,2,12H2,1H3,(H,25,26)(H,22,23,24). The smallest absolute Gasteiger partial charge is 0.338 e. The summed E-state index contributed by atoms with van der Waals surface area (Å²) in [7, 11) is 0. The first-order chi connectivity index (χ1) is 13.7. The molecule has 2 aromatic carbocycles. The summed E-state index contributed by atoms with van der Waals surface area (Å²) in [5.41, 5.74) is 2.43. The van der Waals surface area contributed by atoms with Gasteiger partial charge in [-0.2, -0.15) is 0 Å². The topological polar surface area (TPSA) is 93.2 Å². The summed E-state index contributed by atoms with van der Waals surface area (Å²) in [4.78, 5) is 32.3. The molecule has 1 heterocycles. The fourth-order valence-corrected chi connectivity index (χ4v) is 2.42. The second-order valence-corrected chi connectivity index (χ2v) is 5.89. The molecule has 3 rings (SSSR count). The monoisotopic (exact) mass is 376 g/mol. The molecule has 2 N–H and O–H groups in total. The number of anilines is 2. The predicted molar refractivity (Wildman–Crippen MR) is 106 cm³/mol. The number of hydrogen-bond acceptors (Lipinski definition) is 6. The van der Waals surface area contributed by atoms with Crippen LogP contribution in [0, 0.1) is 0 Å². The number of amides is 1. The van der Waals surface area contributed by atoms with E-state index in [1.54, 1.807) is 31.2 Å². The number of ether oxygens (including phenoxy) is 1. The van der Waals surface area contributed by atoms with Crippen molar-refractivity contribution in [2.24, 2.45) is 0 Å². The van der Waals surface area contributed by atoms with Crippen molar-refractivity contribution in [3.05, 3.63) is 83.7 Å². The van der Waals surface area contributed by atoms with Gasteiger partial charge in [0.15, 0.2) is 0 Å². The van der Waals surface area contributed by atoms with Crippen molar-refractivity contribution < 1.29 is 14.3 Å². The first-order valence-electron chi connectivity index (χ1n) is 8.84. The zero-order chi connectivity index (χ0) is 19.8. The first kappa shape index (κ1) is 19.0. The molecule has 0 unspecified atom stereocenters. The number of hydrogen-bond donors (Lipinski definition) is 2. The van der Waals surface area contributed by atoms with Gasteiger partial charge in [0.05, 0.1) is 17.7 Å². The number of esters is 1. The Morgan fingerprint density at radius 3 is 2.25 bits per heavy atom. The Hall–Kier alpha value is -3.74. The van der Waals surface area contributed by atoms with E-state index in [4.69, 9.17) is 4.74 Å². The summed E-state index contributed by atoms with van der Waals surface area (Å²) >= 11 is 0. The number of carbonyl (C=O) groups is 2. The lowest BCUT2D eigenvalue weighted by atomic mass is 10.2. The number of benzene rings is 2. The summed E-state index contributed by atoms with van der Waals surface area (Å²) in [6.45, 7) is 2.66. The van der Waals surface area contributed by atoms with E-state index in [-0.39, 0.29) is 5.91 Å². The van der Waals surface area contributed by atoms with Gasteiger partial charge >= 0.3 is 5.97 Å². The highest BCUT2D eigenvalue weighted by Gasteiger charge is 2.10. The molecule has 0 aliphatic carbocycles. The van der Waals surface area contributed by atoms with Crippen LogP contribution in [0.1, 0.15) is 33.2 Å². The van der Waals surface area contributed by atoms with Gasteiger partial charge in [-0.25, -0.2) is 14.8 Å². The van der Waals surface area contributed by atoms with Crippen molar-refractivity contribution in [3.63, 3.8) is 0 Å². The van der Waals surface area contributed by atoms with Gasteiger partial charge in [0.1, 0.15) is 0 Å². The third kappa shape index (κ3) is 5.14. The van der Waals surface area contributed by atoms with E-state index in [1.807, 2.05) is 30.3 Å². The summed E-state index contributed by atoms with van der Waals surface area (Å²) < 4.78 is 4.93. The molecule has 0 bridgehead atoms. The molecule has 0 saturated heterocycles. The Morgan fingerprint density at radius 1 is 0.929 bits per heavy atom. The van der Waals surface area contributed by atoms with Gasteiger partial charge in [-0.1, -0.05) is 30.3 Å². The molecule has 0 saturated carbocycles. The van der Waals surface area contributed by atoms with Gasteiger partial charge in [0.2, 0.25) is 5.95 Å². The third-order valence-corrected chi connectivity index (χ3v) is 3.86. The zero-order valence-corrected chi connectivity index (χ0v) is 15.4. The van der Waals surface area contributed by atoms with E-state index in [0.717, 1.165) is 5.56 Å². The second-order valence-electron chi connectivity index (χ2n) is 5.89. The van der Waals surface area contributed by atoms with Gasteiger partial charge in [0.25, 0.3) is 5.91 Å². The molecule has 0 aliphatic rings. The van der Waals surface area contributed by atoms with Crippen LogP contribution in [0.5, 0.6) is 0 Å². The Labute approximate surface area is 162 Å². The minimum Gasteiger partial charge on any atom is -0.462 e. The number of nitrogens with zero attached hydrogens (tertiary/aromatic N) is 2. The molecule has 1 aromatic heterocycles. The number of aromatic nitrogens is 2. The van der Waals surface area contributed by atoms with Crippen molar-refractivity contribution >= 4 is 23.5 Å². The zero-order valence-electron chi connectivity index (χ0n) is 15.4. The van der Waals surface area contributed by atoms with Gasteiger partial charge in [0, 0.05) is 24.6 Å². The van der Waals surface area contributed by atoms with Crippen molar-refractivity contribution in [3.8, 4) is 0 Å². The molecule has 28 heavy (non-hydrogen) atoms. The molecule has 3 aromatic rings. The van der Waals surface area contributed by atoms with Gasteiger partial charge in [-0.3, -0.25) is 4.79 Å². The minimum atomic E-state index is -0.396. The summed E-state index contributed by atoms with van der Waals surface area (Å²) in [5, 5.41) is 5.85. The Kier molecular flexibility index (Phi) is 6.30. The number of rotatable bonds is 7. The first-order valence-corrected chi connectivity index (χ1v) is 8.84. The molecule has 0 fully saturated rings. The number of carbonyl (C=O) groups excluding carboxylic acids is 2. The van der Waals surface area contributed by atoms with Crippen LogP contribution in [0.15, 0.2) is 67.0 Å². The normalized spacial score (nSPS) is 10.2. The molecular formula is C21H20N4O3. The van der Waals surface area contributed by atoms with Gasteiger partial charge < -0.3 is 15.4 Å². The molecule has 0 spiro atoms. The van der Waals surface area contributed by atoms with Gasteiger partial charge in [-0.15, -0.1) is 0 Å². The maximum absolute atomic E-state index is 12.3. The van der Waals surface area contributed by atoms with E-state index < -0.39 is 5.97 Å². The molecule has 0 atom stereocenters. The van der Waals surface area contributed by atoms with E-state index in [9.17, 15) is 9.59 Å². The van der Waals surface area contributed by atoms with E-state index in [0.29, 0.717) is 35.9 Å². The molecule has 7 heteroatoms. The summed E-state index contributed by atoms with van der Waals surface area (Å²) in [6.07, 6.45) is 2.92. The fourth-order valence-electron chi connectivity index (χ4n) is 2.42. The predicted octanol–water partition coefficient (Wildman–Crippen LogP) is 3.52. The maximum Gasteiger partial charge on any atom is 0.338 e. The molecule has 142 valence electrons. The van der Waals surface area contributed by atoms with Crippen molar-refractivity contribution in [2.45, 2.75) is 13.5 Å². The molecule has 0 aliphatic heterocycles. The van der Waals surface area contributed by atoms with Crippen LogP contribution >= 0.6 is 0 Å². The maximum atomic E-state index is 12.3. The molecule has 1 amide bonds. The molecule has 7 nitrogen and oxygen atoms in total. The van der Waals surface area contributed by atoms with E-state index >= 15 is 0 Å². The Balaban J connectivity index is 1.56. The fraction of sp³-hybridized carbons (Fsp3) is 0.143. The average Bonchev–Trinajstić information content (AvgIpc) is 2.74. The van der Waals surface area contributed by atoms with Crippen LogP contribution in [-0.4, -0.2) is 28.5 Å². The second kappa shape index (κ2) is 9.27. The highest BCUT2D eigenvalue weighted by Crippen LogP contribution is 2.12. The van der Waals surface area contributed by atoms with Crippen LogP contribution in [0.2, 0.25) is 0 Å². The highest BCUT2D eigenvalue weighted by molar-refractivity contribution is 6.04. The molecule has 0 radical (unpaired) electrons. The van der Waals surface area contributed by atoms with Gasteiger partial charge in [-0.05, 0) is 36.8 Å². The van der Waals surface area contributed by atoms with Crippen molar-refractivity contribution in [2.75, 3.05) is 17.2 Å². The van der Waals surface area contributed by atoms with Crippen LogP contribution < -0.4 is 10.6 Å². The SMILES string of the molecule is CCOC(=O)c1ccc(NC(=O)c2cnc(NCc3ccccc3)nc2)cc1. The summed E-state index contributed by atoms with van der Waals surface area (Å²) in [6, 6.07) is 16.4. The van der Waals surface area contributed by atoms with E-state index in [1.165, 1.54) is 12.4 Å². The largest absolute Gasteiger partial charge is 0.462 e. The quantitative estimate of drug-likeness (QED) is 0.613. The highest BCUT2D eigenvalue weighted by atomic mass is 16.5. The van der Waals surface area contributed by atoms with Crippen molar-refractivity contribution in [1.29, 1.82) is 0 Å². The summed E-state index contributed by atoms with van der Waals surface area (Å²) in [5.74, 6) is -0.287. The van der Waals surface area contributed by atoms with Crippen LogP contribution in [0.3, 0.4) is 0 Å². The lowest BCUT2D eigenvalue weighted by Gasteiger charge is -2.07. The van der Waals surface area contributed by atoms with Crippen LogP contribution in [0.4, 0.5) is 11.6 Å². The average molecular weight is 376 g/mol. The van der Waals surface area contributed by atoms with E-state index in [2.05, 4.69) is 20.6 Å². The van der Waals surface area contributed by atoms with Crippen LogP contribution in [-0.2, 0) is 11.3 Å². The Bertz CT molecular complexity index is 926. The minimum absolute atomic E-state index is 0.313. The lowest BCUT2D eigenvalue weighted by Crippen LogP contribution is -2.13. The molecular weight excluding hydrogens is 356 g/mol. The van der Waals surface area contributed by atoms with Crippen LogP contribution in [0.25, 0.3) is 0 Å². The Morgan fingerprint density at radius 2 is 1.61 bits per heavy atom. The lowest BCUT2D eigenvalue weighted by molar-refractivity contribution is 0.0526. The van der Waals surface area contributed by atoms with Crippen molar-refractivity contribution in [1.82, 2.24) is 9.97 Å².